The van der Waals surface area contributed by atoms with Crippen molar-refractivity contribution in [2.75, 3.05) is 14.1 Å². The van der Waals surface area contributed by atoms with Crippen LogP contribution in [0.15, 0.2) is 42.7 Å². The normalized spacial score (nSPS) is 11.0. The Morgan fingerprint density at radius 1 is 1.17 bits per heavy atom. The number of likely N-dealkylation sites (N-methyl/N-ethyl adjacent to an activating group) is 1. The number of benzene rings is 1. The van der Waals surface area contributed by atoms with Crippen LogP contribution < -0.4 is 0 Å². The van der Waals surface area contributed by atoms with Gasteiger partial charge >= 0.3 is 0 Å². The second-order valence-electron chi connectivity index (χ2n) is 5.80. The van der Waals surface area contributed by atoms with Crippen LogP contribution in [0.4, 0.5) is 0 Å². The molecule has 0 atom stereocenters. The van der Waals surface area contributed by atoms with Crippen molar-refractivity contribution in [3.63, 3.8) is 0 Å². The zero-order chi connectivity index (χ0) is 17.3. The maximum Gasteiger partial charge on any atom is 0.241 e. The highest BCUT2D eigenvalue weighted by molar-refractivity contribution is 6.36. The van der Waals surface area contributed by atoms with E-state index in [2.05, 4.69) is 4.98 Å². The van der Waals surface area contributed by atoms with Crippen LogP contribution in [0, 0.1) is 0 Å². The summed E-state index contributed by atoms with van der Waals surface area (Å²) < 4.78 is 1.93. The summed E-state index contributed by atoms with van der Waals surface area (Å²) in [5.41, 5.74) is 2.72. The lowest BCUT2D eigenvalue weighted by atomic mass is 10.1. The van der Waals surface area contributed by atoms with Crippen molar-refractivity contribution in [2.45, 2.75) is 13.0 Å². The summed E-state index contributed by atoms with van der Waals surface area (Å²) in [5.74, 6) is 0.0417. The Kier molecular flexibility index (Phi) is 4.78. The van der Waals surface area contributed by atoms with Crippen molar-refractivity contribution in [3.8, 4) is 0 Å². The van der Waals surface area contributed by atoms with E-state index in [0.29, 0.717) is 23.0 Å². The molecule has 1 aromatic carbocycles. The summed E-state index contributed by atoms with van der Waals surface area (Å²) in [6.07, 6.45) is 4.20. The third-order valence-corrected chi connectivity index (χ3v) is 4.70. The molecular formula is C18H17Cl2N3O. The second kappa shape index (κ2) is 6.83. The van der Waals surface area contributed by atoms with Gasteiger partial charge in [-0.1, -0.05) is 29.3 Å². The van der Waals surface area contributed by atoms with E-state index in [4.69, 9.17) is 23.2 Å². The molecule has 6 heteroatoms. The zero-order valence-corrected chi connectivity index (χ0v) is 15.0. The van der Waals surface area contributed by atoms with Gasteiger partial charge in [-0.15, -0.1) is 0 Å². The molecule has 0 N–H and O–H groups in total. The molecule has 3 aromatic rings. The van der Waals surface area contributed by atoms with Crippen LogP contribution in [0.3, 0.4) is 0 Å². The molecule has 4 nitrogen and oxygen atoms in total. The van der Waals surface area contributed by atoms with Crippen LogP contribution in [-0.2, 0) is 17.8 Å². The predicted molar refractivity (Wildman–Crippen MR) is 97.7 cm³/mol. The van der Waals surface area contributed by atoms with E-state index in [1.807, 2.05) is 41.1 Å². The van der Waals surface area contributed by atoms with Gasteiger partial charge < -0.3 is 9.47 Å². The van der Waals surface area contributed by atoms with Gasteiger partial charge in [0.2, 0.25) is 5.91 Å². The fraction of sp³-hybridized carbons (Fsp3) is 0.222. The topological polar surface area (TPSA) is 38.1 Å². The lowest BCUT2D eigenvalue weighted by Crippen LogP contribution is -2.25. The Labute approximate surface area is 150 Å². The van der Waals surface area contributed by atoms with E-state index in [1.165, 1.54) is 0 Å². The number of carbonyl (C=O) groups excluding carboxylic acids is 1. The lowest BCUT2D eigenvalue weighted by Gasteiger charge is -2.12. The number of hydrogen-bond acceptors (Lipinski definition) is 2. The summed E-state index contributed by atoms with van der Waals surface area (Å²) in [6.45, 7) is 0.298. The van der Waals surface area contributed by atoms with Crippen molar-refractivity contribution in [1.82, 2.24) is 14.5 Å². The monoisotopic (exact) mass is 361 g/mol. The number of aromatic nitrogens is 2. The van der Waals surface area contributed by atoms with E-state index >= 15 is 0 Å². The van der Waals surface area contributed by atoms with Gasteiger partial charge in [0.25, 0.3) is 0 Å². The van der Waals surface area contributed by atoms with E-state index < -0.39 is 0 Å². The maximum absolute atomic E-state index is 12.0. The molecule has 3 rings (SSSR count). The maximum atomic E-state index is 12.0. The first kappa shape index (κ1) is 16.8. The van der Waals surface area contributed by atoms with Crippen LogP contribution in [0.1, 0.15) is 11.3 Å². The van der Waals surface area contributed by atoms with Gasteiger partial charge in [0.05, 0.1) is 11.2 Å². The minimum absolute atomic E-state index is 0.0417. The Morgan fingerprint density at radius 3 is 2.54 bits per heavy atom. The van der Waals surface area contributed by atoms with Crippen molar-refractivity contribution in [1.29, 1.82) is 0 Å². The predicted octanol–water partition coefficient (Wildman–Crippen LogP) is 4.02. The zero-order valence-electron chi connectivity index (χ0n) is 13.5. The quantitative estimate of drug-likeness (QED) is 0.703. The molecule has 124 valence electrons. The van der Waals surface area contributed by atoms with Crippen LogP contribution in [-0.4, -0.2) is 34.5 Å². The molecule has 0 aliphatic carbocycles. The molecule has 0 radical (unpaired) electrons. The Hall–Kier alpha value is -2.04. The van der Waals surface area contributed by atoms with Crippen LogP contribution in [0.25, 0.3) is 10.9 Å². The SMILES string of the molecule is CN(C)C(=O)Cn1ccc2c(Cc3c(Cl)cccc3Cl)nccc21. The van der Waals surface area contributed by atoms with E-state index in [-0.39, 0.29) is 5.91 Å². The van der Waals surface area contributed by atoms with Crippen LogP contribution in [0.2, 0.25) is 10.0 Å². The molecule has 0 unspecified atom stereocenters. The summed E-state index contributed by atoms with van der Waals surface area (Å²) in [5, 5.41) is 2.26. The molecule has 24 heavy (non-hydrogen) atoms. The number of rotatable bonds is 4. The summed E-state index contributed by atoms with van der Waals surface area (Å²) in [6, 6.07) is 9.36. The van der Waals surface area contributed by atoms with Gasteiger partial charge in [-0.3, -0.25) is 9.78 Å². The largest absolute Gasteiger partial charge is 0.347 e. The van der Waals surface area contributed by atoms with Crippen LogP contribution in [0.5, 0.6) is 0 Å². The smallest absolute Gasteiger partial charge is 0.241 e. The Bertz CT molecular complexity index is 882. The van der Waals surface area contributed by atoms with Gasteiger partial charge in [-0.25, -0.2) is 0 Å². The van der Waals surface area contributed by atoms with Crippen molar-refractivity contribution in [2.24, 2.45) is 0 Å². The third-order valence-electron chi connectivity index (χ3n) is 3.99. The molecule has 0 aliphatic rings. The third kappa shape index (κ3) is 3.25. The van der Waals surface area contributed by atoms with Gasteiger partial charge in [-0.2, -0.15) is 0 Å². The molecule has 2 heterocycles. The van der Waals surface area contributed by atoms with Crippen LogP contribution >= 0.6 is 23.2 Å². The molecule has 0 spiro atoms. The molecule has 2 aromatic heterocycles. The molecule has 0 saturated carbocycles. The molecule has 0 saturated heterocycles. The number of halogens is 2. The van der Waals surface area contributed by atoms with Crippen molar-refractivity contribution < 1.29 is 4.79 Å². The number of carbonyl (C=O) groups is 1. The van der Waals surface area contributed by atoms with Crippen molar-refractivity contribution in [3.05, 3.63) is 64.0 Å². The van der Waals surface area contributed by atoms with E-state index in [0.717, 1.165) is 22.2 Å². The fourth-order valence-corrected chi connectivity index (χ4v) is 3.15. The molecular weight excluding hydrogens is 345 g/mol. The second-order valence-corrected chi connectivity index (χ2v) is 6.61. The highest BCUT2D eigenvalue weighted by Crippen LogP contribution is 2.29. The number of nitrogens with zero attached hydrogens (tertiary/aromatic N) is 3. The molecule has 0 aliphatic heterocycles. The standard InChI is InChI=1S/C18H17Cl2N3O/c1-22(2)18(24)11-23-9-7-12-16(21-8-6-17(12)23)10-13-14(19)4-3-5-15(13)20/h3-9H,10-11H2,1-2H3. The fourth-order valence-electron chi connectivity index (χ4n) is 2.62. The summed E-state index contributed by atoms with van der Waals surface area (Å²) >= 11 is 12.5. The highest BCUT2D eigenvalue weighted by atomic mass is 35.5. The molecule has 1 amide bonds. The Morgan fingerprint density at radius 2 is 1.88 bits per heavy atom. The van der Waals surface area contributed by atoms with E-state index in [1.54, 1.807) is 25.2 Å². The Balaban J connectivity index is 1.99. The first-order valence-electron chi connectivity index (χ1n) is 7.53. The first-order valence-corrected chi connectivity index (χ1v) is 8.28. The van der Waals surface area contributed by atoms with Gasteiger partial charge in [0, 0.05) is 48.3 Å². The van der Waals surface area contributed by atoms with Gasteiger partial charge in [0.15, 0.2) is 0 Å². The number of pyridine rings is 1. The number of fused-ring (bicyclic) bond motifs is 1. The van der Waals surface area contributed by atoms with Gasteiger partial charge in [0.1, 0.15) is 6.54 Å². The lowest BCUT2D eigenvalue weighted by molar-refractivity contribution is -0.129. The minimum atomic E-state index is 0.0417. The summed E-state index contributed by atoms with van der Waals surface area (Å²) in [7, 11) is 3.50. The minimum Gasteiger partial charge on any atom is -0.347 e. The molecule has 0 fully saturated rings. The van der Waals surface area contributed by atoms with Crippen molar-refractivity contribution >= 4 is 40.0 Å². The van der Waals surface area contributed by atoms with Gasteiger partial charge in [-0.05, 0) is 29.8 Å². The number of hydrogen-bond donors (Lipinski definition) is 0. The average Bonchev–Trinajstić information content (AvgIpc) is 2.95. The molecule has 0 bridgehead atoms. The van der Waals surface area contributed by atoms with E-state index in [9.17, 15) is 4.79 Å². The first-order chi connectivity index (χ1) is 11.5. The highest BCUT2D eigenvalue weighted by Gasteiger charge is 2.13. The average molecular weight is 362 g/mol. The number of amides is 1. The summed E-state index contributed by atoms with van der Waals surface area (Å²) in [4.78, 5) is 18.0.